The fourth-order valence-corrected chi connectivity index (χ4v) is 2.09. The molecular weight excluding hydrogens is 199 g/mol. The van der Waals surface area contributed by atoms with Crippen LogP contribution in [-0.2, 0) is 0 Å². The van der Waals surface area contributed by atoms with Crippen LogP contribution in [0.3, 0.4) is 0 Å². The van der Waals surface area contributed by atoms with Gasteiger partial charge in [-0.05, 0) is 26.2 Å². The number of rotatable bonds is 4. The lowest BCUT2D eigenvalue weighted by Gasteiger charge is -2.10. The van der Waals surface area contributed by atoms with Crippen molar-refractivity contribution in [3.05, 3.63) is 24.0 Å². The minimum atomic E-state index is -0.333. The molecule has 0 unspecified atom stereocenters. The normalized spacial score (nSPS) is 10.9. The molecule has 0 bridgehead atoms. The molecule has 0 aliphatic carbocycles. The van der Waals surface area contributed by atoms with Gasteiger partial charge in [-0.1, -0.05) is 6.07 Å². The van der Waals surface area contributed by atoms with Gasteiger partial charge in [0.25, 0.3) is 0 Å². The molecular formula is C10H15FN2S. The summed E-state index contributed by atoms with van der Waals surface area (Å²) in [7, 11) is 4.02. The summed E-state index contributed by atoms with van der Waals surface area (Å²) >= 11 is 1.58. The molecule has 0 saturated carbocycles. The van der Waals surface area contributed by atoms with E-state index in [-0.39, 0.29) is 11.5 Å². The van der Waals surface area contributed by atoms with Crippen LogP contribution < -0.4 is 5.73 Å². The highest BCUT2D eigenvalue weighted by Crippen LogP contribution is 2.26. The van der Waals surface area contributed by atoms with E-state index in [1.807, 2.05) is 20.2 Å². The summed E-state index contributed by atoms with van der Waals surface area (Å²) < 4.78 is 13.0. The molecule has 0 spiro atoms. The van der Waals surface area contributed by atoms with Crippen LogP contribution >= 0.6 is 11.8 Å². The molecule has 0 saturated heterocycles. The number of hydrogen-bond acceptors (Lipinski definition) is 3. The number of nitrogens with zero attached hydrogens (tertiary/aromatic N) is 1. The van der Waals surface area contributed by atoms with Crippen LogP contribution in [0.1, 0.15) is 0 Å². The molecule has 0 aliphatic heterocycles. The zero-order chi connectivity index (χ0) is 10.6. The Morgan fingerprint density at radius 3 is 2.79 bits per heavy atom. The van der Waals surface area contributed by atoms with Gasteiger partial charge < -0.3 is 10.6 Å². The number of thioether (sulfide) groups is 1. The lowest BCUT2D eigenvalue weighted by atomic mass is 10.3. The van der Waals surface area contributed by atoms with Gasteiger partial charge in [0.1, 0.15) is 5.82 Å². The van der Waals surface area contributed by atoms with Crippen LogP contribution in [0.5, 0.6) is 0 Å². The van der Waals surface area contributed by atoms with Gasteiger partial charge in [-0.15, -0.1) is 11.8 Å². The number of benzene rings is 1. The molecule has 14 heavy (non-hydrogen) atoms. The first-order chi connectivity index (χ1) is 6.61. The zero-order valence-electron chi connectivity index (χ0n) is 8.46. The van der Waals surface area contributed by atoms with Crippen molar-refractivity contribution in [2.75, 3.05) is 32.1 Å². The van der Waals surface area contributed by atoms with Crippen molar-refractivity contribution >= 4 is 17.4 Å². The topological polar surface area (TPSA) is 29.3 Å². The Bertz CT molecular complexity index is 302. The molecule has 1 aromatic carbocycles. The Balaban J connectivity index is 2.54. The maximum atomic E-state index is 13.0. The van der Waals surface area contributed by atoms with E-state index >= 15 is 0 Å². The highest BCUT2D eigenvalue weighted by Gasteiger charge is 2.04. The van der Waals surface area contributed by atoms with Gasteiger partial charge >= 0.3 is 0 Å². The minimum absolute atomic E-state index is 0.260. The number of anilines is 1. The quantitative estimate of drug-likeness (QED) is 0.614. The fraction of sp³-hybridized carbons (Fsp3) is 0.400. The highest BCUT2D eigenvalue weighted by atomic mass is 32.2. The van der Waals surface area contributed by atoms with Gasteiger partial charge in [0.15, 0.2) is 0 Å². The first kappa shape index (κ1) is 11.3. The monoisotopic (exact) mass is 214 g/mol. The molecule has 2 nitrogen and oxygen atoms in total. The molecule has 2 N–H and O–H groups in total. The van der Waals surface area contributed by atoms with Crippen LogP contribution in [0, 0.1) is 5.82 Å². The number of para-hydroxylation sites is 1. The van der Waals surface area contributed by atoms with Crippen molar-refractivity contribution in [2.45, 2.75) is 4.90 Å². The van der Waals surface area contributed by atoms with Crippen LogP contribution in [0.4, 0.5) is 10.1 Å². The van der Waals surface area contributed by atoms with E-state index in [0.717, 1.165) is 17.2 Å². The first-order valence-corrected chi connectivity index (χ1v) is 5.41. The van der Waals surface area contributed by atoms with E-state index in [1.54, 1.807) is 17.8 Å². The van der Waals surface area contributed by atoms with Gasteiger partial charge in [-0.3, -0.25) is 0 Å². The van der Waals surface area contributed by atoms with Crippen LogP contribution in [-0.4, -0.2) is 31.3 Å². The summed E-state index contributed by atoms with van der Waals surface area (Å²) in [6.07, 6.45) is 0. The van der Waals surface area contributed by atoms with Crippen molar-refractivity contribution in [1.29, 1.82) is 0 Å². The van der Waals surface area contributed by atoms with Crippen LogP contribution in [0.2, 0.25) is 0 Å². The minimum Gasteiger partial charge on any atom is -0.395 e. The molecule has 0 amide bonds. The SMILES string of the molecule is CN(C)CCSc1cccc(F)c1N. The van der Waals surface area contributed by atoms with E-state index in [1.165, 1.54) is 6.07 Å². The van der Waals surface area contributed by atoms with E-state index < -0.39 is 0 Å². The van der Waals surface area contributed by atoms with Crippen molar-refractivity contribution in [2.24, 2.45) is 0 Å². The lowest BCUT2D eigenvalue weighted by Crippen LogP contribution is -2.14. The lowest BCUT2D eigenvalue weighted by molar-refractivity contribution is 0.437. The van der Waals surface area contributed by atoms with E-state index in [2.05, 4.69) is 4.90 Å². The van der Waals surface area contributed by atoms with Gasteiger partial charge in [-0.2, -0.15) is 0 Å². The Hall–Kier alpha value is -0.740. The second-order valence-corrected chi connectivity index (χ2v) is 4.44. The summed E-state index contributed by atoms with van der Waals surface area (Å²) in [5.74, 6) is 0.584. The summed E-state index contributed by atoms with van der Waals surface area (Å²) in [5, 5.41) is 0. The average Bonchev–Trinajstić information content (AvgIpc) is 2.12. The third-order valence-electron chi connectivity index (χ3n) is 1.81. The molecule has 4 heteroatoms. The highest BCUT2D eigenvalue weighted by molar-refractivity contribution is 7.99. The molecule has 1 aromatic rings. The Morgan fingerprint density at radius 2 is 2.14 bits per heavy atom. The predicted octanol–water partition coefficient (Wildman–Crippen LogP) is 2.06. The van der Waals surface area contributed by atoms with Crippen molar-refractivity contribution in [3.63, 3.8) is 0 Å². The third kappa shape index (κ3) is 3.20. The summed E-state index contributed by atoms with van der Waals surface area (Å²) in [6, 6.07) is 4.91. The number of hydrogen-bond donors (Lipinski definition) is 1. The van der Waals surface area contributed by atoms with Crippen LogP contribution in [0.25, 0.3) is 0 Å². The molecule has 0 radical (unpaired) electrons. The average molecular weight is 214 g/mol. The van der Waals surface area contributed by atoms with Crippen molar-refractivity contribution in [1.82, 2.24) is 4.90 Å². The number of nitrogens with two attached hydrogens (primary N) is 1. The second-order valence-electron chi connectivity index (χ2n) is 3.30. The van der Waals surface area contributed by atoms with E-state index in [4.69, 9.17) is 5.73 Å². The summed E-state index contributed by atoms with van der Waals surface area (Å²) in [6.45, 7) is 0.959. The molecule has 0 fully saturated rings. The summed E-state index contributed by atoms with van der Waals surface area (Å²) in [5.41, 5.74) is 5.85. The van der Waals surface area contributed by atoms with Gasteiger partial charge in [0.2, 0.25) is 0 Å². The van der Waals surface area contributed by atoms with Gasteiger partial charge in [0, 0.05) is 17.2 Å². The van der Waals surface area contributed by atoms with Crippen molar-refractivity contribution < 1.29 is 4.39 Å². The van der Waals surface area contributed by atoms with Crippen molar-refractivity contribution in [3.8, 4) is 0 Å². The smallest absolute Gasteiger partial charge is 0.147 e. The Kier molecular flexibility index (Phi) is 4.22. The Labute approximate surface area is 88.3 Å². The second kappa shape index (κ2) is 5.22. The summed E-state index contributed by atoms with van der Waals surface area (Å²) in [4.78, 5) is 2.91. The molecule has 0 aliphatic rings. The Morgan fingerprint density at radius 1 is 1.43 bits per heavy atom. The maximum Gasteiger partial charge on any atom is 0.147 e. The van der Waals surface area contributed by atoms with Gasteiger partial charge in [-0.25, -0.2) is 4.39 Å². The number of halogens is 1. The maximum absolute atomic E-state index is 13.0. The standard InChI is InChI=1S/C10H15FN2S/c1-13(2)6-7-14-9-5-3-4-8(11)10(9)12/h3-5H,6-7,12H2,1-2H3. The van der Waals surface area contributed by atoms with E-state index in [9.17, 15) is 4.39 Å². The predicted molar refractivity (Wildman–Crippen MR) is 60.1 cm³/mol. The van der Waals surface area contributed by atoms with Gasteiger partial charge in [0.05, 0.1) is 5.69 Å². The molecule has 1 rings (SSSR count). The zero-order valence-corrected chi connectivity index (χ0v) is 9.27. The molecule has 78 valence electrons. The number of nitrogen functional groups attached to an aromatic ring is 1. The molecule has 0 atom stereocenters. The van der Waals surface area contributed by atoms with Crippen LogP contribution in [0.15, 0.2) is 23.1 Å². The largest absolute Gasteiger partial charge is 0.395 e. The van der Waals surface area contributed by atoms with E-state index in [0.29, 0.717) is 0 Å². The molecule has 0 heterocycles. The fourth-order valence-electron chi connectivity index (χ4n) is 0.981. The third-order valence-corrected chi connectivity index (χ3v) is 2.86. The first-order valence-electron chi connectivity index (χ1n) is 4.43. The molecule has 0 aromatic heterocycles.